The Morgan fingerprint density at radius 3 is 1.84 bits per heavy atom. The predicted molar refractivity (Wildman–Crippen MR) is 183 cm³/mol. The monoisotopic (exact) mass is 618 g/mol. The lowest BCUT2D eigenvalue weighted by molar-refractivity contribution is -0.152. The van der Waals surface area contributed by atoms with E-state index in [9.17, 15) is 19.8 Å². The standard InChI is InChI=1S/C38H66O6/c1-4-5-6-7-12-18-23-28-35(39)29-24-19-14-11-16-21-26-31-38(42)44-33-36(40)32-43-37(41)30-25-20-15-10-8-9-13-17-22-27-34(2)3/h11-12,16,18-19,23-24,28,34-36,39-40H,4-10,13-15,17,20-22,25-27,29-33H2,1-3H3/b16-11+,18-12-,24-19-,28-23-/t35-,36+/m1/s1. The number of esters is 2. The van der Waals surface area contributed by atoms with E-state index in [1.54, 1.807) is 0 Å². The van der Waals surface area contributed by atoms with E-state index in [4.69, 9.17) is 9.47 Å². The van der Waals surface area contributed by atoms with Gasteiger partial charge in [-0.1, -0.05) is 140 Å². The lowest BCUT2D eigenvalue weighted by atomic mass is 10.0. The smallest absolute Gasteiger partial charge is 0.305 e. The Labute approximate surface area is 270 Å². The summed E-state index contributed by atoms with van der Waals surface area (Å²) < 4.78 is 10.2. The van der Waals surface area contributed by atoms with E-state index in [1.807, 2.05) is 42.5 Å². The molecule has 6 heteroatoms. The Bertz CT molecular complexity index is 782. The van der Waals surface area contributed by atoms with Crippen LogP contribution in [-0.4, -0.2) is 47.6 Å². The minimum absolute atomic E-state index is 0.150. The molecule has 0 amide bonds. The Kier molecular flexibility index (Phi) is 30.6. The van der Waals surface area contributed by atoms with Crippen LogP contribution in [0.5, 0.6) is 0 Å². The normalized spacial score (nSPS) is 13.6. The lowest BCUT2D eigenvalue weighted by Gasteiger charge is -2.12. The highest BCUT2D eigenvalue weighted by molar-refractivity contribution is 5.69. The largest absolute Gasteiger partial charge is 0.463 e. The van der Waals surface area contributed by atoms with Gasteiger partial charge in [-0.3, -0.25) is 9.59 Å². The van der Waals surface area contributed by atoms with Crippen LogP contribution in [0.3, 0.4) is 0 Å². The van der Waals surface area contributed by atoms with Gasteiger partial charge in [0.05, 0.1) is 6.10 Å². The quantitative estimate of drug-likeness (QED) is 0.0360. The fourth-order valence-electron chi connectivity index (χ4n) is 4.58. The van der Waals surface area contributed by atoms with Crippen molar-refractivity contribution in [3.05, 3.63) is 48.6 Å². The fraction of sp³-hybridized carbons (Fsp3) is 0.737. The van der Waals surface area contributed by atoms with Crippen molar-refractivity contribution < 1.29 is 29.3 Å². The molecular formula is C38H66O6. The van der Waals surface area contributed by atoms with Crippen LogP contribution in [0.25, 0.3) is 0 Å². The molecule has 0 aromatic rings. The fourth-order valence-corrected chi connectivity index (χ4v) is 4.58. The first-order chi connectivity index (χ1) is 21.3. The molecule has 0 unspecified atom stereocenters. The molecule has 0 radical (unpaired) electrons. The SMILES string of the molecule is CCCCC/C=C\C=C/[C@@H](O)C/C=C\C/C=C/CCCC(=O)OC[C@@H](O)COC(=O)CCCCCCCCCCCC(C)C. The zero-order valence-corrected chi connectivity index (χ0v) is 28.4. The van der Waals surface area contributed by atoms with Gasteiger partial charge in [-0.2, -0.15) is 0 Å². The van der Waals surface area contributed by atoms with Crippen molar-refractivity contribution in [1.82, 2.24) is 0 Å². The third-order valence-electron chi connectivity index (χ3n) is 7.33. The number of hydrogen-bond acceptors (Lipinski definition) is 6. The molecule has 0 saturated heterocycles. The van der Waals surface area contributed by atoms with Gasteiger partial charge in [0.1, 0.15) is 19.3 Å². The minimum atomic E-state index is -1.00. The topological polar surface area (TPSA) is 93.1 Å². The number of unbranched alkanes of at least 4 members (excludes halogenated alkanes) is 12. The van der Waals surface area contributed by atoms with Crippen molar-refractivity contribution in [2.75, 3.05) is 13.2 Å². The third-order valence-corrected chi connectivity index (χ3v) is 7.33. The highest BCUT2D eigenvalue weighted by Gasteiger charge is 2.12. The van der Waals surface area contributed by atoms with Crippen molar-refractivity contribution in [3.8, 4) is 0 Å². The van der Waals surface area contributed by atoms with E-state index in [0.717, 1.165) is 44.4 Å². The number of ether oxygens (including phenoxy) is 2. The summed E-state index contributed by atoms with van der Waals surface area (Å²) in [7, 11) is 0. The summed E-state index contributed by atoms with van der Waals surface area (Å²) in [4.78, 5) is 23.8. The van der Waals surface area contributed by atoms with E-state index in [2.05, 4.69) is 26.8 Å². The van der Waals surface area contributed by atoms with E-state index < -0.39 is 12.2 Å². The van der Waals surface area contributed by atoms with E-state index in [1.165, 1.54) is 64.2 Å². The zero-order valence-electron chi connectivity index (χ0n) is 28.4. The Morgan fingerprint density at radius 1 is 0.636 bits per heavy atom. The molecule has 0 heterocycles. The van der Waals surface area contributed by atoms with Gasteiger partial charge >= 0.3 is 11.9 Å². The molecule has 254 valence electrons. The van der Waals surface area contributed by atoms with Crippen LogP contribution in [0.2, 0.25) is 0 Å². The first-order valence-corrected chi connectivity index (χ1v) is 17.7. The molecule has 6 nitrogen and oxygen atoms in total. The molecule has 0 aromatic heterocycles. The maximum Gasteiger partial charge on any atom is 0.305 e. The number of aliphatic hydroxyl groups is 2. The van der Waals surface area contributed by atoms with Gasteiger partial charge in [0, 0.05) is 12.8 Å². The molecule has 0 aliphatic rings. The molecule has 0 spiro atoms. The van der Waals surface area contributed by atoms with Crippen LogP contribution in [0.15, 0.2) is 48.6 Å². The Morgan fingerprint density at radius 2 is 1.20 bits per heavy atom. The minimum Gasteiger partial charge on any atom is -0.463 e. The van der Waals surface area contributed by atoms with E-state index in [-0.39, 0.29) is 31.6 Å². The van der Waals surface area contributed by atoms with Gasteiger partial charge < -0.3 is 19.7 Å². The van der Waals surface area contributed by atoms with Crippen LogP contribution in [0.4, 0.5) is 0 Å². The summed E-state index contributed by atoms with van der Waals surface area (Å²) in [6.45, 7) is 6.44. The average Bonchev–Trinajstić information content (AvgIpc) is 3.00. The zero-order chi connectivity index (χ0) is 32.5. The molecular weight excluding hydrogens is 552 g/mol. The summed E-state index contributed by atoms with van der Waals surface area (Å²) in [5.74, 6) is 0.137. The van der Waals surface area contributed by atoms with Gasteiger partial charge in [-0.05, 0) is 50.9 Å². The van der Waals surface area contributed by atoms with Gasteiger partial charge in [0.2, 0.25) is 0 Å². The van der Waals surface area contributed by atoms with Crippen molar-refractivity contribution in [3.63, 3.8) is 0 Å². The molecule has 0 saturated carbocycles. The number of aliphatic hydroxyl groups excluding tert-OH is 2. The summed E-state index contributed by atoms with van der Waals surface area (Å²) in [6, 6.07) is 0. The number of rotatable bonds is 30. The summed E-state index contributed by atoms with van der Waals surface area (Å²) in [6.07, 6.45) is 34.8. The first-order valence-electron chi connectivity index (χ1n) is 17.7. The van der Waals surface area contributed by atoms with Gasteiger partial charge in [-0.15, -0.1) is 0 Å². The van der Waals surface area contributed by atoms with Gasteiger partial charge in [-0.25, -0.2) is 0 Å². The van der Waals surface area contributed by atoms with E-state index in [0.29, 0.717) is 19.3 Å². The van der Waals surface area contributed by atoms with Crippen LogP contribution in [-0.2, 0) is 19.1 Å². The molecule has 2 N–H and O–H groups in total. The molecule has 2 atom stereocenters. The second kappa shape index (κ2) is 32.2. The van der Waals surface area contributed by atoms with Gasteiger partial charge in [0.25, 0.3) is 0 Å². The Hall–Kier alpha value is -2.18. The van der Waals surface area contributed by atoms with Gasteiger partial charge in [0.15, 0.2) is 0 Å². The molecule has 0 aliphatic heterocycles. The summed E-state index contributed by atoms with van der Waals surface area (Å²) in [5.41, 5.74) is 0. The predicted octanol–water partition coefficient (Wildman–Crippen LogP) is 9.50. The molecule has 0 rings (SSSR count). The Balaban J connectivity index is 3.64. The average molecular weight is 619 g/mol. The molecule has 44 heavy (non-hydrogen) atoms. The first kappa shape index (κ1) is 41.8. The van der Waals surface area contributed by atoms with Crippen LogP contribution >= 0.6 is 0 Å². The van der Waals surface area contributed by atoms with Crippen molar-refractivity contribution in [2.24, 2.45) is 5.92 Å². The van der Waals surface area contributed by atoms with Crippen LogP contribution in [0.1, 0.15) is 149 Å². The lowest BCUT2D eigenvalue weighted by Crippen LogP contribution is -2.25. The number of carbonyl (C=O) groups is 2. The van der Waals surface area contributed by atoms with Crippen LogP contribution in [0, 0.1) is 5.92 Å². The summed E-state index contributed by atoms with van der Waals surface area (Å²) in [5, 5.41) is 19.9. The second-order valence-electron chi connectivity index (χ2n) is 12.3. The number of allylic oxidation sites excluding steroid dienone is 6. The molecule has 0 fully saturated rings. The van der Waals surface area contributed by atoms with Crippen LogP contribution < -0.4 is 0 Å². The second-order valence-corrected chi connectivity index (χ2v) is 12.3. The van der Waals surface area contributed by atoms with Crippen molar-refractivity contribution >= 4 is 11.9 Å². The third kappa shape index (κ3) is 32.7. The van der Waals surface area contributed by atoms with E-state index >= 15 is 0 Å². The molecule has 0 aromatic carbocycles. The molecule has 0 aliphatic carbocycles. The highest BCUT2D eigenvalue weighted by atomic mass is 16.6. The number of hydrogen-bond donors (Lipinski definition) is 2. The number of carbonyl (C=O) groups excluding carboxylic acids is 2. The highest BCUT2D eigenvalue weighted by Crippen LogP contribution is 2.13. The molecule has 0 bridgehead atoms. The maximum absolute atomic E-state index is 11.9. The summed E-state index contributed by atoms with van der Waals surface area (Å²) >= 11 is 0. The van der Waals surface area contributed by atoms with Crippen molar-refractivity contribution in [1.29, 1.82) is 0 Å². The maximum atomic E-state index is 11.9. The van der Waals surface area contributed by atoms with Crippen molar-refractivity contribution in [2.45, 2.75) is 161 Å².